The first-order chi connectivity index (χ1) is 14.6. The molecule has 30 heavy (non-hydrogen) atoms. The third kappa shape index (κ3) is 4.30. The van der Waals surface area contributed by atoms with Gasteiger partial charge < -0.3 is 5.32 Å². The maximum Gasteiger partial charge on any atom is 0.225 e. The number of nitrogens with zero attached hydrogens (tertiary/aromatic N) is 5. The second kappa shape index (κ2) is 8.73. The van der Waals surface area contributed by atoms with Crippen molar-refractivity contribution in [3.63, 3.8) is 0 Å². The van der Waals surface area contributed by atoms with Gasteiger partial charge >= 0.3 is 0 Å². The van der Waals surface area contributed by atoms with Gasteiger partial charge in [-0.25, -0.2) is 9.36 Å². The molecule has 0 saturated heterocycles. The Morgan fingerprint density at radius 1 is 1.00 bits per heavy atom. The highest BCUT2D eigenvalue weighted by atomic mass is 16.1. The van der Waals surface area contributed by atoms with Crippen molar-refractivity contribution in [2.24, 2.45) is 0 Å². The van der Waals surface area contributed by atoms with Crippen LogP contribution in [0.4, 0.5) is 5.82 Å². The number of rotatable bonds is 7. The number of carbonyl (C=O) groups excluding carboxylic acids is 1. The molecule has 3 aromatic heterocycles. The van der Waals surface area contributed by atoms with Crippen LogP contribution in [0, 0.1) is 13.8 Å². The van der Waals surface area contributed by atoms with Crippen LogP contribution < -0.4 is 5.32 Å². The Bertz CT molecular complexity index is 1130. The second-order valence-corrected chi connectivity index (χ2v) is 7.17. The second-order valence-electron chi connectivity index (χ2n) is 7.17. The van der Waals surface area contributed by atoms with Gasteiger partial charge in [0.2, 0.25) is 5.91 Å². The van der Waals surface area contributed by atoms with E-state index in [-0.39, 0.29) is 5.91 Å². The molecular weight excluding hydrogens is 376 g/mol. The highest BCUT2D eigenvalue weighted by Gasteiger charge is 2.15. The molecule has 0 spiro atoms. The summed E-state index contributed by atoms with van der Waals surface area (Å²) in [6.45, 7) is 4.61. The molecule has 0 saturated carbocycles. The van der Waals surface area contributed by atoms with Crippen LogP contribution in [0.1, 0.15) is 28.9 Å². The zero-order valence-electron chi connectivity index (χ0n) is 17.1. The normalized spacial score (nSPS) is 10.9. The van der Waals surface area contributed by atoms with Gasteiger partial charge in [-0.3, -0.25) is 9.78 Å². The Labute approximate surface area is 175 Å². The van der Waals surface area contributed by atoms with Crippen LogP contribution >= 0.6 is 0 Å². The summed E-state index contributed by atoms with van der Waals surface area (Å²) in [5.41, 5.74) is 5.22. The summed E-state index contributed by atoms with van der Waals surface area (Å²) in [7, 11) is 0. The zero-order chi connectivity index (χ0) is 20.9. The maximum atomic E-state index is 12.6. The van der Waals surface area contributed by atoms with E-state index in [0.717, 1.165) is 28.2 Å². The molecule has 0 radical (unpaired) electrons. The monoisotopic (exact) mass is 400 g/mol. The van der Waals surface area contributed by atoms with E-state index in [0.29, 0.717) is 25.2 Å². The third-order valence-corrected chi connectivity index (χ3v) is 5.11. The zero-order valence-corrected chi connectivity index (χ0v) is 17.1. The Hall–Kier alpha value is -3.74. The van der Waals surface area contributed by atoms with Crippen molar-refractivity contribution in [3.8, 4) is 5.69 Å². The molecule has 1 amide bonds. The minimum Gasteiger partial charge on any atom is -0.311 e. The molecule has 0 atom stereocenters. The number of carbonyl (C=O) groups is 1. The number of para-hydroxylation sites is 1. The van der Waals surface area contributed by atoms with Crippen LogP contribution in [0.15, 0.2) is 67.1 Å². The Morgan fingerprint density at radius 3 is 2.53 bits per heavy atom. The van der Waals surface area contributed by atoms with Crippen LogP contribution in [0.5, 0.6) is 0 Å². The van der Waals surface area contributed by atoms with Gasteiger partial charge in [0.05, 0.1) is 24.1 Å². The first kappa shape index (κ1) is 19.6. The van der Waals surface area contributed by atoms with Crippen molar-refractivity contribution >= 4 is 11.7 Å². The van der Waals surface area contributed by atoms with Crippen molar-refractivity contribution in [1.29, 1.82) is 0 Å². The number of aryl methyl sites for hydroxylation is 1. The molecule has 0 bridgehead atoms. The smallest absolute Gasteiger partial charge is 0.225 e. The van der Waals surface area contributed by atoms with Crippen molar-refractivity contribution in [1.82, 2.24) is 24.5 Å². The lowest BCUT2D eigenvalue weighted by molar-refractivity contribution is -0.116. The molecular formula is C23H24N6O. The van der Waals surface area contributed by atoms with Crippen molar-refractivity contribution in [2.75, 3.05) is 5.32 Å². The minimum atomic E-state index is -0.0438. The predicted molar refractivity (Wildman–Crippen MR) is 116 cm³/mol. The lowest BCUT2D eigenvalue weighted by Gasteiger charge is -2.09. The summed E-state index contributed by atoms with van der Waals surface area (Å²) < 4.78 is 3.71. The Balaban J connectivity index is 1.41. The molecule has 3 heterocycles. The van der Waals surface area contributed by atoms with Crippen molar-refractivity contribution < 1.29 is 4.79 Å². The summed E-state index contributed by atoms with van der Waals surface area (Å²) in [5.74, 6) is 0.642. The average molecular weight is 400 g/mol. The molecule has 7 nitrogen and oxygen atoms in total. The van der Waals surface area contributed by atoms with Gasteiger partial charge in [-0.1, -0.05) is 18.2 Å². The van der Waals surface area contributed by atoms with E-state index in [1.807, 2.05) is 67.1 Å². The van der Waals surface area contributed by atoms with E-state index in [4.69, 9.17) is 0 Å². The SMILES string of the molecule is Cc1nn(-c2ccccc2)c(C)c1CCC(=O)Nc1ccnn1Cc1ccncc1. The fourth-order valence-electron chi connectivity index (χ4n) is 3.53. The molecule has 1 aromatic carbocycles. The highest BCUT2D eigenvalue weighted by molar-refractivity contribution is 5.90. The van der Waals surface area contributed by atoms with E-state index in [1.165, 1.54) is 0 Å². The van der Waals surface area contributed by atoms with Gasteiger partial charge in [-0.15, -0.1) is 0 Å². The number of amides is 1. The van der Waals surface area contributed by atoms with Gasteiger partial charge in [-0.2, -0.15) is 10.2 Å². The standard InChI is InChI=1S/C23H24N6O/c1-17-21(18(2)29(27-17)20-6-4-3-5-7-20)8-9-23(30)26-22-12-15-25-28(22)16-19-10-13-24-14-11-19/h3-7,10-15H,8-9,16H2,1-2H3,(H,26,30). The summed E-state index contributed by atoms with van der Waals surface area (Å²) in [4.78, 5) is 16.6. The van der Waals surface area contributed by atoms with E-state index >= 15 is 0 Å². The first-order valence-corrected chi connectivity index (χ1v) is 9.93. The van der Waals surface area contributed by atoms with Crippen LogP contribution in [0.2, 0.25) is 0 Å². The van der Waals surface area contributed by atoms with Gasteiger partial charge in [0.15, 0.2) is 0 Å². The molecule has 7 heteroatoms. The minimum absolute atomic E-state index is 0.0438. The molecule has 0 unspecified atom stereocenters. The molecule has 0 aliphatic rings. The summed E-state index contributed by atoms with van der Waals surface area (Å²) in [5, 5.41) is 12.0. The topological polar surface area (TPSA) is 77.6 Å². The Kier molecular flexibility index (Phi) is 5.70. The maximum absolute atomic E-state index is 12.6. The van der Waals surface area contributed by atoms with Gasteiger partial charge in [0.1, 0.15) is 5.82 Å². The summed E-state index contributed by atoms with van der Waals surface area (Å²) in [6.07, 6.45) is 6.20. The van der Waals surface area contributed by atoms with E-state index in [1.54, 1.807) is 23.3 Å². The van der Waals surface area contributed by atoms with E-state index in [2.05, 4.69) is 20.5 Å². The van der Waals surface area contributed by atoms with Gasteiger partial charge in [-0.05, 0) is 55.7 Å². The summed E-state index contributed by atoms with van der Waals surface area (Å²) in [6, 6.07) is 15.7. The molecule has 4 aromatic rings. The van der Waals surface area contributed by atoms with Crippen LogP contribution in [0.25, 0.3) is 5.69 Å². The number of pyridine rings is 1. The molecule has 4 rings (SSSR count). The molecule has 0 fully saturated rings. The third-order valence-electron chi connectivity index (χ3n) is 5.11. The first-order valence-electron chi connectivity index (χ1n) is 9.93. The number of nitrogens with one attached hydrogen (secondary N) is 1. The number of benzene rings is 1. The van der Waals surface area contributed by atoms with Gasteiger partial charge in [0.25, 0.3) is 0 Å². The van der Waals surface area contributed by atoms with Crippen LogP contribution in [-0.4, -0.2) is 30.5 Å². The Morgan fingerprint density at radius 2 is 1.77 bits per heavy atom. The predicted octanol–water partition coefficient (Wildman–Crippen LogP) is 3.70. The highest BCUT2D eigenvalue weighted by Crippen LogP contribution is 2.19. The number of aromatic nitrogens is 5. The fraction of sp³-hybridized carbons (Fsp3) is 0.217. The molecule has 152 valence electrons. The fourth-order valence-corrected chi connectivity index (χ4v) is 3.53. The largest absolute Gasteiger partial charge is 0.311 e. The number of anilines is 1. The lowest BCUT2D eigenvalue weighted by atomic mass is 10.1. The van der Waals surface area contributed by atoms with Crippen LogP contribution in [0.3, 0.4) is 0 Å². The number of hydrogen-bond acceptors (Lipinski definition) is 4. The molecule has 1 N–H and O–H groups in total. The quantitative estimate of drug-likeness (QED) is 0.513. The number of hydrogen-bond donors (Lipinski definition) is 1. The van der Waals surface area contributed by atoms with Crippen molar-refractivity contribution in [3.05, 3.63) is 89.6 Å². The van der Waals surface area contributed by atoms with E-state index < -0.39 is 0 Å². The molecule has 0 aliphatic carbocycles. The molecule has 0 aliphatic heterocycles. The average Bonchev–Trinajstić information content (AvgIpc) is 3.31. The summed E-state index contributed by atoms with van der Waals surface area (Å²) >= 11 is 0. The van der Waals surface area contributed by atoms with E-state index in [9.17, 15) is 4.79 Å². The van der Waals surface area contributed by atoms with Gasteiger partial charge in [0, 0.05) is 30.6 Å². The van der Waals surface area contributed by atoms with Crippen molar-refractivity contribution in [2.45, 2.75) is 33.2 Å². The van der Waals surface area contributed by atoms with Crippen LogP contribution in [-0.2, 0) is 17.8 Å². The lowest BCUT2D eigenvalue weighted by Crippen LogP contribution is -2.16.